The van der Waals surface area contributed by atoms with Gasteiger partial charge in [0, 0.05) is 5.57 Å². The lowest BCUT2D eigenvalue weighted by atomic mass is 9.88. The van der Waals surface area contributed by atoms with Crippen LogP contribution < -0.4 is 0 Å². The van der Waals surface area contributed by atoms with Gasteiger partial charge in [0.1, 0.15) is 5.75 Å². The molecule has 0 saturated heterocycles. The zero-order chi connectivity index (χ0) is 13.9. The minimum absolute atomic E-state index is 0.0736. The maximum absolute atomic E-state index is 12.7. The van der Waals surface area contributed by atoms with Crippen LogP contribution in [-0.2, 0) is 6.42 Å². The minimum atomic E-state index is -0.0736. The highest BCUT2D eigenvalue weighted by Crippen LogP contribution is 2.29. The molecule has 0 amide bonds. The Kier molecular flexibility index (Phi) is 3.55. The number of aromatic hydroxyl groups is 1. The first kappa shape index (κ1) is 12.9. The van der Waals surface area contributed by atoms with Crippen LogP contribution in [0.15, 0.2) is 41.5 Å². The summed E-state index contributed by atoms with van der Waals surface area (Å²) < 4.78 is 0. The molecule has 0 heterocycles. The highest BCUT2D eigenvalue weighted by Gasteiger charge is 2.20. The molecule has 0 spiro atoms. The molecule has 2 bridgehead atoms. The molecule has 0 unspecified atom stereocenters. The number of fused-ring (bicyclic) bond motifs is 7. The van der Waals surface area contributed by atoms with Gasteiger partial charge in [0.25, 0.3) is 0 Å². The molecule has 2 heteroatoms. The summed E-state index contributed by atoms with van der Waals surface area (Å²) in [6, 6.07) is 5.39. The lowest BCUT2D eigenvalue weighted by Gasteiger charge is -2.16. The van der Waals surface area contributed by atoms with Crippen LogP contribution in [0.5, 0.6) is 5.75 Å². The van der Waals surface area contributed by atoms with E-state index in [1.54, 1.807) is 18.2 Å². The standard InChI is InChI=1S/C18H16O2/c19-17-12-13-6-4-5-9-15(14-7-2-1-3-8-14)18(20)16(17)11-10-13/h1-2,10-12,19H,4-6,8-9H2. The van der Waals surface area contributed by atoms with Gasteiger partial charge in [-0.2, -0.15) is 0 Å². The smallest absolute Gasteiger partial charge is 0.193 e. The molecule has 2 nitrogen and oxygen atoms in total. The zero-order valence-electron chi connectivity index (χ0n) is 11.3. The number of phenols is 1. The quantitative estimate of drug-likeness (QED) is 0.725. The molecule has 0 saturated carbocycles. The minimum Gasteiger partial charge on any atom is -0.507 e. The van der Waals surface area contributed by atoms with E-state index in [0.717, 1.165) is 42.4 Å². The summed E-state index contributed by atoms with van der Waals surface area (Å²) in [6.45, 7) is 0. The van der Waals surface area contributed by atoms with Crippen LogP contribution in [0.2, 0.25) is 0 Å². The molecule has 3 aliphatic rings. The van der Waals surface area contributed by atoms with Crippen LogP contribution in [0.25, 0.3) is 0 Å². The van der Waals surface area contributed by atoms with Crippen molar-refractivity contribution in [2.24, 2.45) is 0 Å². The molecule has 1 aromatic rings. The van der Waals surface area contributed by atoms with Crippen LogP contribution in [0, 0.1) is 12.2 Å². The van der Waals surface area contributed by atoms with Gasteiger partial charge in [0.05, 0.1) is 5.56 Å². The van der Waals surface area contributed by atoms with Gasteiger partial charge in [-0.25, -0.2) is 0 Å². The van der Waals surface area contributed by atoms with Gasteiger partial charge in [0.15, 0.2) is 5.78 Å². The van der Waals surface area contributed by atoms with Crippen molar-refractivity contribution >= 4 is 5.78 Å². The molecule has 0 aromatic heterocycles. The average Bonchev–Trinajstić information content (AvgIpc) is 2.48. The van der Waals surface area contributed by atoms with Crippen molar-refractivity contribution in [3.63, 3.8) is 0 Å². The molecule has 2 radical (unpaired) electrons. The molecule has 0 aliphatic heterocycles. The Bertz CT molecular complexity index is 633. The lowest BCUT2D eigenvalue weighted by molar-refractivity contribution is 0.102. The summed E-state index contributed by atoms with van der Waals surface area (Å²) >= 11 is 0. The van der Waals surface area contributed by atoms with Crippen molar-refractivity contribution in [3.8, 4) is 5.75 Å². The highest BCUT2D eigenvalue weighted by molar-refractivity contribution is 6.11. The summed E-state index contributed by atoms with van der Waals surface area (Å²) in [6.07, 6.45) is 14.2. The zero-order valence-corrected chi connectivity index (χ0v) is 11.3. The Morgan fingerprint density at radius 3 is 2.70 bits per heavy atom. The van der Waals surface area contributed by atoms with E-state index in [1.807, 2.05) is 12.1 Å². The number of phenolic OH excluding ortho intramolecular Hbond substituents is 1. The van der Waals surface area contributed by atoms with Gasteiger partial charge in [-0.3, -0.25) is 4.79 Å². The molecule has 1 aromatic carbocycles. The van der Waals surface area contributed by atoms with Gasteiger partial charge in [0.2, 0.25) is 0 Å². The van der Waals surface area contributed by atoms with E-state index in [0.29, 0.717) is 12.0 Å². The molecule has 0 atom stereocenters. The maximum atomic E-state index is 12.7. The van der Waals surface area contributed by atoms with Gasteiger partial charge < -0.3 is 5.11 Å². The number of Topliss-reactive ketones (excluding diaryl/α,β-unsaturated/α-hetero) is 1. The van der Waals surface area contributed by atoms with Gasteiger partial charge >= 0.3 is 0 Å². The number of carbonyl (C=O) groups is 1. The Morgan fingerprint density at radius 2 is 1.95 bits per heavy atom. The predicted molar refractivity (Wildman–Crippen MR) is 77.3 cm³/mol. The number of allylic oxidation sites excluding steroid dienone is 6. The molecule has 20 heavy (non-hydrogen) atoms. The third-order valence-electron chi connectivity index (χ3n) is 3.82. The normalized spacial score (nSPS) is 22.3. The number of rotatable bonds is 0. The molecule has 4 rings (SSSR count). The molecule has 3 aliphatic carbocycles. The first-order valence-electron chi connectivity index (χ1n) is 6.99. The largest absolute Gasteiger partial charge is 0.507 e. The second-order valence-electron chi connectivity index (χ2n) is 5.20. The summed E-state index contributed by atoms with van der Waals surface area (Å²) in [5.74, 6) is 0.0161. The Balaban J connectivity index is 2.08. The Hall–Kier alpha value is -2.09. The Labute approximate surface area is 119 Å². The predicted octanol–water partition coefficient (Wildman–Crippen LogP) is 3.72. The van der Waals surface area contributed by atoms with E-state index in [4.69, 9.17) is 0 Å². The Morgan fingerprint density at radius 1 is 1.10 bits per heavy atom. The van der Waals surface area contributed by atoms with Gasteiger partial charge in [-0.1, -0.05) is 18.2 Å². The van der Waals surface area contributed by atoms with E-state index in [-0.39, 0.29) is 11.5 Å². The number of hydrogen-bond donors (Lipinski definition) is 1. The third kappa shape index (κ3) is 2.46. The number of aryl methyl sites for hydroxylation is 1. The number of benzene rings is 1. The van der Waals surface area contributed by atoms with Crippen molar-refractivity contribution < 1.29 is 9.90 Å². The SMILES string of the molecule is O=C1C(=C2[C]=CC=[C]C2)CCCCc2ccc1c(O)c2. The van der Waals surface area contributed by atoms with Crippen LogP contribution in [-0.4, -0.2) is 10.9 Å². The van der Waals surface area contributed by atoms with E-state index < -0.39 is 0 Å². The van der Waals surface area contributed by atoms with Gasteiger partial charge in [-0.15, -0.1) is 0 Å². The molecule has 100 valence electrons. The average molecular weight is 264 g/mol. The van der Waals surface area contributed by atoms with Gasteiger partial charge in [-0.05, 0) is 67.5 Å². The molecular formula is C18H16O2. The second kappa shape index (κ2) is 5.49. The number of hydrogen-bond acceptors (Lipinski definition) is 2. The summed E-state index contributed by atoms with van der Waals surface area (Å²) in [7, 11) is 0. The number of ketones is 1. The number of carbonyl (C=O) groups excluding carboxylic acids is 1. The fourth-order valence-corrected chi connectivity index (χ4v) is 2.73. The fourth-order valence-electron chi connectivity index (χ4n) is 2.73. The van der Waals surface area contributed by atoms with E-state index in [1.165, 1.54) is 0 Å². The first-order chi connectivity index (χ1) is 9.75. The van der Waals surface area contributed by atoms with Crippen LogP contribution in [0.4, 0.5) is 0 Å². The van der Waals surface area contributed by atoms with Crippen LogP contribution in [0.1, 0.15) is 41.6 Å². The van der Waals surface area contributed by atoms with Crippen molar-refractivity contribution in [1.29, 1.82) is 0 Å². The molecule has 0 fully saturated rings. The van der Waals surface area contributed by atoms with Crippen molar-refractivity contribution in [1.82, 2.24) is 0 Å². The maximum Gasteiger partial charge on any atom is 0.193 e. The van der Waals surface area contributed by atoms with Crippen molar-refractivity contribution in [2.45, 2.75) is 32.1 Å². The van der Waals surface area contributed by atoms with E-state index >= 15 is 0 Å². The monoisotopic (exact) mass is 264 g/mol. The summed E-state index contributed by atoms with van der Waals surface area (Å²) in [5, 5.41) is 10.1. The summed E-state index contributed by atoms with van der Waals surface area (Å²) in [4.78, 5) is 12.7. The molecule has 1 N–H and O–H groups in total. The highest BCUT2D eigenvalue weighted by atomic mass is 16.3. The second-order valence-corrected chi connectivity index (χ2v) is 5.20. The lowest BCUT2D eigenvalue weighted by Crippen LogP contribution is -2.09. The van der Waals surface area contributed by atoms with E-state index in [2.05, 4.69) is 12.2 Å². The van der Waals surface area contributed by atoms with Crippen molar-refractivity contribution in [3.05, 3.63) is 64.8 Å². The summed E-state index contributed by atoms with van der Waals surface area (Å²) in [5.41, 5.74) is 3.17. The third-order valence-corrected chi connectivity index (χ3v) is 3.82. The topological polar surface area (TPSA) is 37.3 Å². The van der Waals surface area contributed by atoms with Crippen molar-refractivity contribution in [2.75, 3.05) is 0 Å². The van der Waals surface area contributed by atoms with Crippen LogP contribution in [0.3, 0.4) is 0 Å². The van der Waals surface area contributed by atoms with Crippen LogP contribution >= 0.6 is 0 Å². The fraction of sp³-hybridized carbons (Fsp3) is 0.278. The van der Waals surface area contributed by atoms with E-state index in [9.17, 15) is 9.90 Å². The first-order valence-corrected chi connectivity index (χ1v) is 6.99. The molecular weight excluding hydrogens is 248 g/mol.